The Hall–Kier alpha value is -2.62. The fourth-order valence-corrected chi connectivity index (χ4v) is 3.80. The summed E-state index contributed by atoms with van der Waals surface area (Å²) in [6.45, 7) is 2.26. The molecule has 24 heavy (non-hydrogen) atoms. The molecule has 1 amide bonds. The van der Waals surface area contributed by atoms with Gasteiger partial charge in [-0.25, -0.2) is 4.39 Å². The number of H-pyrrole nitrogens is 1. The summed E-state index contributed by atoms with van der Waals surface area (Å²) in [6, 6.07) is 14.5. The normalized spacial score (nSPS) is 17.6. The highest BCUT2D eigenvalue weighted by Crippen LogP contribution is 2.37. The van der Waals surface area contributed by atoms with Gasteiger partial charge in [0.2, 0.25) is 5.91 Å². The number of aromatic nitrogens is 1. The van der Waals surface area contributed by atoms with E-state index in [1.54, 1.807) is 13.0 Å². The number of para-hydroxylation sites is 1. The Morgan fingerprint density at radius 3 is 2.83 bits per heavy atom. The zero-order chi connectivity index (χ0) is 16.7. The van der Waals surface area contributed by atoms with E-state index < -0.39 is 0 Å². The van der Waals surface area contributed by atoms with Crippen molar-refractivity contribution in [3.63, 3.8) is 0 Å². The van der Waals surface area contributed by atoms with Gasteiger partial charge in [0.1, 0.15) is 5.82 Å². The van der Waals surface area contributed by atoms with Gasteiger partial charge in [0, 0.05) is 30.1 Å². The van der Waals surface area contributed by atoms with Crippen LogP contribution in [-0.2, 0) is 11.2 Å². The molecule has 3 aromatic rings. The Morgan fingerprint density at radius 2 is 2.04 bits per heavy atom. The van der Waals surface area contributed by atoms with E-state index in [2.05, 4.69) is 11.1 Å². The number of rotatable bonds is 1. The number of hydrogen-bond donors (Lipinski definition) is 1. The van der Waals surface area contributed by atoms with Crippen molar-refractivity contribution in [3.8, 4) is 0 Å². The van der Waals surface area contributed by atoms with Crippen LogP contribution in [-0.4, -0.2) is 22.3 Å². The number of carbonyl (C=O) groups is 1. The fraction of sp³-hybridized carbons (Fsp3) is 0.250. The summed E-state index contributed by atoms with van der Waals surface area (Å²) in [5.74, 6) is -0.270. The lowest BCUT2D eigenvalue weighted by atomic mass is 9.98. The van der Waals surface area contributed by atoms with Crippen LogP contribution in [0.15, 0.2) is 48.5 Å². The molecule has 4 heteroatoms. The maximum absolute atomic E-state index is 13.8. The molecule has 0 aliphatic carbocycles. The van der Waals surface area contributed by atoms with Gasteiger partial charge in [-0.3, -0.25) is 4.79 Å². The molecule has 1 aromatic heterocycles. The molecule has 1 aliphatic heterocycles. The van der Waals surface area contributed by atoms with Crippen molar-refractivity contribution in [2.45, 2.75) is 25.8 Å². The van der Waals surface area contributed by atoms with Gasteiger partial charge in [-0.1, -0.05) is 30.3 Å². The molecule has 0 saturated carbocycles. The first-order chi connectivity index (χ1) is 11.6. The standard InChI is InChI=1S/C20H19FN2O/c1-13(24)23-11-5-9-17-16-8-2-3-10-18(16)22-19(17)20(23)14-6-4-7-15(21)12-14/h2-4,6-8,10,12,20,22H,5,9,11H2,1H3. The van der Waals surface area contributed by atoms with Gasteiger partial charge in [0.15, 0.2) is 0 Å². The van der Waals surface area contributed by atoms with Crippen LogP contribution in [0.1, 0.15) is 36.2 Å². The summed E-state index contributed by atoms with van der Waals surface area (Å²) in [4.78, 5) is 17.6. The number of nitrogens with one attached hydrogen (secondary N) is 1. The summed E-state index contributed by atoms with van der Waals surface area (Å²) in [5.41, 5.74) is 4.12. The summed E-state index contributed by atoms with van der Waals surface area (Å²) in [6.07, 6.45) is 1.81. The van der Waals surface area contributed by atoms with Crippen molar-refractivity contribution >= 4 is 16.8 Å². The van der Waals surface area contributed by atoms with Crippen molar-refractivity contribution in [2.24, 2.45) is 0 Å². The maximum Gasteiger partial charge on any atom is 0.220 e. The van der Waals surface area contributed by atoms with E-state index >= 15 is 0 Å². The highest BCUT2D eigenvalue weighted by Gasteiger charge is 2.31. The van der Waals surface area contributed by atoms with Gasteiger partial charge in [-0.2, -0.15) is 0 Å². The van der Waals surface area contributed by atoms with E-state index in [1.165, 1.54) is 23.1 Å². The van der Waals surface area contributed by atoms with Gasteiger partial charge in [0.25, 0.3) is 0 Å². The number of aromatic amines is 1. The van der Waals surface area contributed by atoms with Crippen molar-refractivity contribution in [1.82, 2.24) is 9.88 Å². The van der Waals surface area contributed by atoms with Crippen LogP contribution in [0.4, 0.5) is 4.39 Å². The Balaban J connectivity index is 1.97. The van der Waals surface area contributed by atoms with Crippen LogP contribution in [0, 0.1) is 5.82 Å². The molecule has 0 radical (unpaired) electrons. The fourth-order valence-electron chi connectivity index (χ4n) is 3.80. The minimum atomic E-state index is -0.280. The number of aryl methyl sites for hydroxylation is 1. The molecule has 1 N–H and O–H groups in total. The molecule has 0 saturated heterocycles. The second-order valence-electron chi connectivity index (χ2n) is 6.34. The van der Waals surface area contributed by atoms with Crippen molar-refractivity contribution in [1.29, 1.82) is 0 Å². The first-order valence-corrected chi connectivity index (χ1v) is 8.27. The monoisotopic (exact) mass is 322 g/mol. The lowest BCUT2D eigenvalue weighted by Gasteiger charge is -2.29. The Labute approximate surface area is 140 Å². The van der Waals surface area contributed by atoms with Crippen molar-refractivity contribution in [2.75, 3.05) is 6.54 Å². The topological polar surface area (TPSA) is 36.1 Å². The van der Waals surface area contributed by atoms with Crippen LogP contribution < -0.4 is 0 Å². The molecule has 0 bridgehead atoms. The Kier molecular flexibility index (Phi) is 3.60. The quantitative estimate of drug-likeness (QED) is 0.716. The van der Waals surface area contributed by atoms with Crippen molar-refractivity contribution in [3.05, 3.63) is 71.2 Å². The molecule has 122 valence electrons. The molecule has 0 fully saturated rings. The molecular formula is C20H19FN2O. The predicted octanol–water partition coefficient (Wildman–Crippen LogP) is 4.19. The van der Waals surface area contributed by atoms with E-state index in [0.29, 0.717) is 6.54 Å². The molecule has 1 unspecified atom stereocenters. The Morgan fingerprint density at radius 1 is 1.21 bits per heavy atom. The number of halogens is 1. The zero-order valence-corrected chi connectivity index (χ0v) is 13.6. The third-order valence-corrected chi connectivity index (χ3v) is 4.83. The molecule has 0 spiro atoms. The van der Waals surface area contributed by atoms with E-state index in [4.69, 9.17) is 0 Å². The van der Waals surface area contributed by atoms with E-state index in [9.17, 15) is 9.18 Å². The zero-order valence-electron chi connectivity index (χ0n) is 13.6. The summed E-state index contributed by atoms with van der Waals surface area (Å²) >= 11 is 0. The lowest BCUT2D eigenvalue weighted by molar-refractivity contribution is -0.130. The van der Waals surface area contributed by atoms with Gasteiger partial charge in [-0.05, 0) is 42.2 Å². The molecule has 4 rings (SSSR count). The summed E-state index contributed by atoms with van der Waals surface area (Å²) < 4.78 is 13.8. The third kappa shape index (κ3) is 2.39. The number of amides is 1. The number of hydrogen-bond acceptors (Lipinski definition) is 1. The van der Waals surface area contributed by atoms with E-state index in [-0.39, 0.29) is 17.8 Å². The molecular weight excluding hydrogens is 303 g/mol. The summed E-state index contributed by atoms with van der Waals surface area (Å²) in [5, 5.41) is 1.19. The van der Waals surface area contributed by atoms with Crippen LogP contribution in [0.2, 0.25) is 0 Å². The number of benzene rings is 2. The summed E-state index contributed by atoms with van der Waals surface area (Å²) in [7, 11) is 0. The van der Waals surface area contributed by atoms with Gasteiger partial charge in [0.05, 0.1) is 6.04 Å². The number of carbonyl (C=O) groups excluding carboxylic acids is 1. The van der Waals surface area contributed by atoms with Gasteiger partial charge in [-0.15, -0.1) is 0 Å². The van der Waals surface area contributed by atoms with Crippen molar-refractivity contribution < 1.29 is 9.18 Å². The molecule has 1 aliphatic rings. The van der Waals surface area contributed by atoms with Crippen LogP contribution >= 0.6 is 0 Å². The first kappa shape index (κ1) is 14.9. The maximum atomic E-state index is 13.8. The molecule has 3 nitrogen and oxygen atoms in total. The molecule has 2 aromatic carbocycles. The van der Waals surface area contributed by atoms with E-state index in [0.717, 1.165) is 29.6 Å². The number of fused-ring (bicyclic) bond motifs is 3. The third-order valence-electron chi connectivity index (χ3n) is 4.83. The highest BCUT2D eigenvalue weighted by molar-refractivity contribution is 5.85. The van der Waals surface area contributed by atoms with Gasteiger partial charge < -0.3 is 9.88 Å². The predicted molar refractivity (Wildman–Crippen MR) is 92.2 cm³/mol. The average molecular weight is 322 g/mol. The van der Waals surface area contributed by atoms with Crippen LogP contribution in [0.25, 0.3) is 10.9 Å². The second kappa shape index (κ2) is 5.78. The smallest absolute Gasteiger partial charge is 0.220 e. The average Bonchev–Trinajstić information content (AvgIpc) is 2.81. The Bertz CT molecular complexity index is 915. The van der Waals surface area contributed by atoms with Crippen LogP contribution in [0.3, 0.4) is 0 Å². The first-order valence-electron chi connectivity index (χ1n) is 8.27. The molecule has 1 atom stereocenters. The minimum Gasteiger partial charge on any atom is -0.356 e. The van der Waals surface area contributed by atoms with Gasteiger partial charge >= 0.3 is 0 Å². The van der Waals surface area contributed by atoms with E-state index in [1.807, 2.05) is 29.2 Å². The SMILES string of the molecule is CC(=O)N1CCCc2c([nH]c3ccccc23)C1c1cccc(F)c1. The number of nitrogens with zero attached hydrogens (tertiary/aromatic N) is 1. The minimum absolute atomic E-state index is 0.00997. The second-order valence-corrected chi connectivity index (χ2v) is 6.34. The largest absolute Gasteiger partial charge is 0.356 e. The highest BCUT2D eigenvalue weighted by atomic mass is 19.1. The molecule has 2 heterocycles. The lowest BCUT2D eigenvalue weighted by Crippen LogP contribution is -2.34. The van der Waals surface area contributed by atoms with Crippen LogP contribution in [0.5, 0.6) is 0 Å².